The molecule has 4 aromatic rings. The molecule has 168 valence electrons. The third-order valence-corrected chi connectivity index (χ3v) is 7.71. The zero-order chi connectivity index (χ0) is 23.3. The Kier molecular flexibility index (Phi) is 6.70. The van der Waals surface area contributed by atoms with Crippen LogP contribution >= 0.6 is 23.5 Å². The number of amides is 1. The Morgan fingerprint density at radius 2 is 1.26 bits per heavy atom. The first kappa shape index (κ1) is 22.3. The third kappa shape index (κ3) is 4.74. The first-order valence-corrected chi connectivity index (χ1v) is 12.5. The van der Waals surface area contributed by atoms with Crippen LogP contribution in [0, 0.1) is 0 Å². The molecule has 1 aliphatic rings. The van der Waals surface area contributed by atoms with Crippen molar-refractivity contribution in [3.05, 3.63) is 115 Å². The molecule has 0 aromatic heterocycles. The van der Waals surface area contributed by atoms with E-state index in [-0.39, 0.29) is 12.5 Å². The van der Waals surface area contributed by atoms with Crippen LogP contribution in [0.2, 0.25) is 0 Å². The average Bonchev–Trinajstić information content (AvgIpc) is 2.90. The van der Waals surface area contributed by atoms with E-state index in [0.29, 0.717) is 0 Å². The Labute approximate surface area is 206 Å². The predicted octanol–water partition coefficient (Wildman–Crippen LogP) is 6.89. The van der Waals surface area contributed by atoms with Gasteiger partial charge in [-0.25, -0.2) is 0 Å². The van der Waals surface area contributed by atoms with Gasteiger partial charge in [-0.15, -0.1) is 11.8 Å². The van der Waals surface area contributed by atoms with Gasteiger partial charge in [0.1, 0.15) is 5.25 Å². The van der Waals surface area contributed by atoms with Gasteiger partial charge in [0.25, 0.3) is 5.91 Å². The number of para-hydroxylation sites is 2. The lowest BCUT2D eigenvalue weighted by atomic mass is 10.1. The van der Waals surface area contributed by atoms with Crippen LogP contribution in [0.5, 0.6) is 0 Å². The lowest BCUT2D eigenvalue weighted by molar-refractivity contribution is -0.147. The summed E-state index contributed by atoms with van der Waals surface area (Å²) >= 11 is 3.04. The van der Waals surface area contributed by atoms with Crippen molar-refractivity contribution in [1.82, 2.24) is 0 Å². The minimum Gasteiger partial charge on any atom is -0.454 e. The molecule has 0 saturated carbocycles. The van der Waals surface area contributed by atoms with Gasteiger partial charge < -0.3 is 4.74 Å². The zero-order valence-corrected chi connectivity index (χ0v) is 19.8. The fourth-order valence-corrected chi connectivity index (χ4v) is 5.86. The Bertz CT molecular complexity index is 1270. The molecule has 4 aromatic carbocycles. The van der Waals surface area contributed by atoms with Crippen molar-refractivity contribution in [1.29, 1.82) is 0 Å². The molecule has 0 N–H and O–H groups in total. The Morgan fingerprint density at radius 3 is 1.88 bits per heavy atom. The second kappa shape index (κ2) is 10.2. The van der Waals surface area contributed by atoms with Crippen molar-refractivity contribution in [2.24, 2.45) is 0 Å². The van der Waals surface area contributed by atoms with E-state index in [0.717, 1.165) is 31.6 Å². The number of esters is 1. The predicted molar refractivity (Wildman–Crippen MR) is 137 cm³/mol. The summed E-state index contributed by atoms with van der Waals surface area (Å²) in [5.74, 6) is -0.730. The summed E-state index contributed by atoms with van der Waals surface area (Å²) in [4.78, 5) is 31.2. The molecule has 0 aliphatic carbocycles. The summed E-state index contributed by atoms with van der Waals surface area (Å²) in [5, 5.41) is -0.576. The van der Waals surface area contributed by atoms with Gasteiger partial charge in [0.05, 0.1) is 11.4 Å². The summed E-state index contributed by atoms with van der Waals surface area (Å²) in [6.07, 6.45) is 0. The van der Waals surface area contributed by atoms with E-state index in [1.165, 1.54) is 11.8 Å². The van der Waals surface area contributed by atoms with Crippen LogP contribution in [0.15, 0.2) is 124 Å². The van der Waals surface area contributed by atoms with E-state index in [2.05, 4.69) is 0 Å². The normalized spacial score (nSPS) is 12.9. The fourth-order valence-electron chi connectivity index (χ4n) is 3.76. The molecule has 1 heterocycles. The second-order valence-electron chi connectivity index (χ2n) is 7.60. The smallest absolute Gasteiger partial charge is 0.324 e. The van der Waals surface area contributed by atoms with Crippen molar-refractivity contribution in [2.45, 2.75) is 19.9 Å². The van der Waals surface area contributed by atoms with E-state index in [4.69, 9.17) is 4.74 Å². The van der Waals surface area contributed by atoms with Crippen LogP contribution in [0.1, 0.15) is 10.8 Å². The van der Waals surface area contributed by atoms with Crippen LogP contribution < -0.4 is 4.90 Å². The first-order valence-electron chi connectivity index (χ1n) is 10.8. The monoisotopic (exact) mass is 483 g/mol. The molecule has 0 radical (unpaired) electrons. The van der Waals surface area contributed by atoms with Gasteiger partial charge in [-0.2, -0.15) is 0 Å². The number of anilines is 2. The number of fused-ring (bicyclic) bond motifs is 2. The summed E-state index contributed by atoms with van der Waals surface area (Å²) < 4.78 is 5.62. The maximum absolute atomic E-state index is 13.4. The minimum atomic E-state index is -0.576. The minimum absolute atomic E-state index is 0.287. The fraction of sp³-hybridized carbons (Fsp3) is 0.0714. The molecule has 6 heteroatoms. The molecule has 4 nitrogen and oxygen atoms in total. The zero-order valence-electron chi connectivity index (χ0n) is 18.2. The molecule has 1 atom stereocenters. The Morgan fingerprint density at radius 1 is 0.735 bits per heavy atom. The van der Waals surface area contributed by atoms with Crippen LogP contribution in [0.4, 0.5) is 11.4 Å². The first-order chi connectivity index (χ1) is 16.7. The van der Waals surface area contributed by atoms with Crippen LogP contribution in [-0.2, 0) is 14.3 Å². The molecule has 1 unspecified atom stereocenters. The summed E-state index contributed by atoms with van der Waals surface area (Å²) in [7, 11) is 0. The summed E-state index contributed by atoms with van der Waals surface area (Å²) in [5.41, 5.74) is 2.43. The van der Waals surface area contributed by atoms with E-state index < -0.39 is 11.2 Å². The van der Waals surface area contributed by atoms with Crippen LogP contribution in [-0.4, -0.2) is 18.5 Å². The van der Waals surface area contributed by atoms with Crippen molar-refractivity contribution in [3.63, 3.8) is 0 Å². The van der Waals surface area contributed by atoms with Crippen LogP contribution in [0.3, 0.4) is 0 Å². The van der Waals surface area contributed by atoms with Gasteiger partial charge in [0.15, 0.2) is 6.61 Å². The maximum atomic E-state index is 13.4. The number of rotatable bonds is 6. The number of nitrogens with zero attached hydrogens (tertiary/aromatic N) is 1. The summed E-state index contributed by atoms with van der Waals surface area (Å²) in [6, 6.07) is 34.7. The van der Waals surface area contributed by atoms with E-state index in [9.17, 15) is 9.59 Å². The molecule has 1 aliphatic heterocycles. The average molecular weight is 484 g/mol. The summed E-state index contributed by atoms with van der Waals surface area (Å²) in [6.45, 7) is -0.342. The quantitative estimate of drug-likeness (QED) is 0.221. The SMILES string of the molecule is O=C(OCC(=O)N1c2ccccc2Sc2ccccc21)C(Sc1ccccc1)c1ccccc1. The maximum Gasteiger partial charge on any atom is 0.324 e. The number of hydrogen-bond acceptors (Lipinski definition) is 5. The van der Waals surface area contributed by atoms with Crippen LogP contribution in [0.25, 0.3) is 0 Å². The molecule has 1 amide bonds. The standard InChI is InChI=1S/C28H21NO3S2/c30-26(29-22-15-7-9-17-24(22)34-25-18-10-8-16-23(25)29)19-32-28(31)27(20-11-3-1-4-12-20)33-21-13-5-2-6-14-21/h1-18,27H,19H2. The molecule has 0 bridgehead atoms. The highest BCUT2D eigenvalue weighted by atomic mass is 32.2. The molecule has 34 heavy (non-hydrogen) atoms. The van der Waals surface area contributed by atoms with Gasteiger partial charge in [0.2, 0.25) is 0 Å². The van der Waals surface area contributed by atoms with Crippen molar-refractivity contribution in [3.8, 4) is 0 Å². The topological polar surface area (TPSA) is 46.6 Å². The molecule has 0 fully saturated rings. The van der Waals surface area contributed by atoms with Gasteiger partial charge in [-0.1, -0.05) is 84.6 Å². The van der Waals surface area contributed by atoms with Crippen molar-refractivity contribution >= 4 is 46.8 Å². The van der Waals surface area contributed by atoms with Gasteiger partial charge >= 0.3 is 5.97 Å². The van der Waals surface area contributed by atoms with Crippen molar-refractivity contribution in [2.75, 3.05) is 11.5 Å². The Balaban J connectivity index is 1.37. The highest BCUT2D eigenvalue weighted by Gasteiger charge is 2.30. The second-order valence-corrected chi connectivity index (χ2v) is 9.86. The van der Waals surface area contributed by atoms with Gasteiger partial charge in [-0.05, 0) is 42.0 Å². The number of benzene rings is 4. The lowest BCUT2D eigenvalue weighted by Gasteiger charge is -2.31. The van der Waals surface area contributed by atoms with Gasteiger partial charge in [-0.3, -0.25) is 14.5 Å². The number of carbonyl (C=O) groups is 2. The number of hydrogen-bond donors (Lipinski definition) is 0. The number of carbonyl (C=O) groups excluding carboxylic acids is 2. The molecule has 0 saturated heterocycles. The Hall–Kier alpha value is -3.48. The molecule has 0 spiro atoms. The van der Waals surface area contributed by atoms with E-state index >= 15 is 0 Å². The van der Waals surface area contributed by atoms with E-state index in [1.54, 1.807) is 16.7 Å². The molecule has 5 rings (SSSR count). The number of ether oxygens (including phenoxy) is 1. The highest BCUT2D eigenvalue weighted by molar-refractivity contribution is 8.00. The van der Waals surface area contributed by atoms with E-state index in [1.807, 2.05) is 109 Å². The lowest BCUT2D eigenvalue weighted by Crippen LogP contribution is -2.33. The van der Waals surface area contributed by atoms with Gasteiger partial charge in [0, 0.05) is 14.7 Å². The molecular weight excluding hydrogens is 462 g/mol. The van der Waals surface area contributed by atoms with Crippen molar-refractivity contribution < 1.29 is 14.3 Å². The largest absolute Gasteiger partial charge is 0.454 e. The highest BCUT2D eigenvalue weighted by Crippen LogP contribution is 2.48. The number of thioether (sulfide) groups is 1. The third-order valence-electron chi connectivity index (χ3n) is 5.33. The molecular formula is C28H21NO3S2.